The molecule has 0 radical (unpaired) electrons. The molecule has 18 nitrogen and oxygen atoms in total. The number of aryl methyl sites for hydroxylation is 3. The van der Waals surface area contributed by atoms with E-state index in [1.54, 1.807) is 49.9 Å². The average molecular weight is 1000 g/mol. The Bertz CT molecular complexity index is 2860. The van der Waals surface area contributed by atoms with Crippen molar-refractivity contribution in [2.24, 2.45) is 11.5 Å². The highest BCUT2D eigenvalue weighted by Crippen LogP contribution is 2.32. The molecule has 2 unspecified atom stereocenters. The molecule has 2 aliphatic heterocycles. The smallest absolute Gasteiger partial charge is 0.314 e. The standard InChI is InChI=1S/C25H32ClN7O2.C24H29ClFN7O2/c1-4-21(16-7-6-15(3)20(26)12-16)31-24(34)19-13-28-23-18(14-29-33(23)5-2)22(19)30-17-8-10-32(11-9-17)25(27)35;1-3-20(16-6-5-14(25)11-19(16)26)31-23(34)18-12-28-22-17(13-29-33(22)4-2)21(18)30-15-7-9-32(10-8-15)24(27)35/h6-7,12-14,17,21H,4-5,8-11H2,1-3H3,(H2,27,35)(H,28,30)(H,31,34);5-6,11-13,15,20H,3-4,7-10H2,1-2H3,(H2,27,35)(H,28,30)(H,31,34). The van der Waals surface area contributed by atoms with Crippen LogP contribution in [-0.2, 0) is 13.1 Å². The number of aromatic nitrogens is 6. The van der Waals surface area contributed by atoms with Crippen LogP contribution in [0.3, 0.4) is 0 Å². The van der Waals surface area contributed by atoms with Crippen LogP contribution in [-0.4, -0.2) is 101 Å². The fourth-order valence-electron chi connectivity index (χ4n) is 8.97. The molecule has 8 rings (SSSR count). The number of anilines is 2. The van der Waals surface area contributed by atoms with E-state index in [1.807, 2.05) is 52.8 Å². The molecule has 2 aromatic carbocycles. The Hall–Kier alpha value is -6.73. The highest BCUT2D eigenvalue weighted by atomic mass is 35.5. The normalized spacial score (nSPS) is 15.3. The van der Waals surface area contributed by atoms with Gasteiger partial charge in [-0.05, 0) is 88.6 Å². The topological polar surface area (TPSA) is 236 Å². The van der Waals surface area contributed by atoms with Crippen LogP contribution in [0, 0.1) is 12.7 Å². The number of carbonyl (C=O) groups is 4. The number of pyridine rings is 2. The van der Waals surface area contributed by atoms with Crippen molar-refractivity contribution < 1.29 is 23.6 Å². The number of fused-ring (bicyclic) bond motifs is 2. The summed E-state index contributed by atoms with van der Waals surface area (Å²) < 4.78 is 18.1. The minimum Gasteiger partial charge on any atom is -0.381 e. The van der Waals surface area contributed by atoms with Gasteiger partial charge in [-0.3, -0.25) is 9.59 Å². The second-order valence-corrected chi connectivity index (χ2v) is 18.4. The lowest BCUT2D eigenvalue weighted by molar-refractivity contribution is 0.0927. The molecule has 372 valence electrons. The summed E-state index contributed by atoms with van der Waals surface area (Å²) in [5, 5.41) is 24.5. The Balaban J connectivity index is 0.000000206. The largest absolute Gasteiger partial charge is 0.381 e. The van der Waals surface area contributed by atoms with Crippen molar-refractivity contribution in [1.82, 2.24) is 50.0 Å². The maximum Gasteiger partial charge on any atom is 0.314 e. The lowest BCUT2D eigenvalue weighted by Crippen LogP contribution is -2.45. The quantitative estimate of drug-likeness (QED) is 0.0610. The molecule has 0 spiro atoms. The van der Waals surface area contributed by atoms with Crippen LogP contribution in [0.5, 0.6) is 0 Å². The minimum atomic E-state index is -0.541. The zero-order valence-corrected chi connectivity index (χ0v) is 41.6. The molecule has 2 saturated heterocycles. The summed E-state index contributed by atoms with van der Waals surface area (Å²) in [4.78, 5) is 62.3. The summed E-state index contributed by atoms with van der Waals surface area (Å²) in [5.41, 5.74) is 16.7. The van der Waals surface area contributed by atoms with Gasteiger partial charge in [0, 0.05) is 79.4 Å². The number of nitrogens with zero attached hydrogens (tertiary/aromatic N) is 8. The molecule has 2 fully saturated rings. The van der Waals surface area contributed by atoms with Gasteiger partial charge in [0.25, 0.3) is 11.8 Å². The zero-order chi connectivity index (χ0) is 50.2. The van der Waals surface area contributed by atoms with Gasteiger partial charge < -0.3 is 42.5 Å². The SMILES string of the molecule is CCC(NC(=O)c1cnc2c(cnn2CC)c1NC1CCN(C(N)=O)CC1)c1ccc(C)c(Cl)c1.CCC(NC(=O)c1cnc2c(cnn2CC)c1NC1CCN(C(N)=O)CC1)c1ccc(Cl)cc1F. The van der Waals surface area contributed by atoms with E-state index < -0.39 is 23.9 Å². The first-order chi connectivity index (χ1) is 33.6. The van der Waals surface area contributed by atoms with Crippen LogP contribution in [0.1, 0.15) is 116 Å². The minimum absolute atomic E-state index is 0.0309. The highest BCUT2D eigenvalue weighted by molar-refractivity contribution is 6.31. The van der Waals surface area contributed by atoms with Crippen LogP contribution in [0.25, 0.3) is 22.1 Å². The summed E-state index contributed by atoms with van der Waals surface area (Å²) in [6.45, 7) is 13.3. The molecular weight excluding hydrogens is 939 g/mol. The van der Waals surface area contributed by atoms with Crippen LogP contribution in [0.15, 0.2) is 61.2 Å². The van der Waals surface area contributed by atoms with E-state index in [1.165, 1.54) is 12.3 Å². The second-order valence-electron chi connectivity index (χ2n) is 17.5. The van der Waals surface area contributed by atoms with E-state index in [2.05, 4.69) is 41.4 Å². The van der Waals surface area contributed by atoms with E-state index in [9.17, 15) is 23.6 Å². The van der Waals surface area contributed by atoms with Crippen LogP contribution >= 0.6 is 23.2 Å². The number of urea groups is 2. The molecule has 70 heavy (non-hydrogen) atoms. The molecule has 6 heterocycles. The summed E-state index contributed by atoms with van der Waals surface area (Å²) in [6.07, 6.45) is 10.6. The highest BCUT2D eigenvalue weighted by Gasteiger charge is 2.28. The molecular formula is C49H61Cl2FN14O4. The molecule has 0 aliphatic carbocycles. The van der Waals surface area contributed by atoms with Crippen molar-refractivity contribution in [3.8, 4) is 0 Å². The second kappa shape index (κ2) is 22.8. The van der Waals surface area contributed by atoms with E-state index in [4.69, 9.17) is 34.7 Å². The number of hydrogen-bond acceptors (Lipinski definition) is 10. The Morgan fingerprint density at radius 2 is 1.16 bits per heavy atom. The van der Waals surface area contributed by atoms with Gasteiger partial charge in [-0.15, -0.1) is 0 Å². The molecule has 21 heteroatoms. The maximum absolute atomic E-state index is 14.6. The monoisotopic (exact) mass is 998 g/mol. The summed E-state index contributed by atoms with van der Waals surface area (Å²) >= 11 is 12.2. The van der Waals surface area contributed by atoms with Gasteiger partial charge >= 0.3 is 12.1 Å². The average Bonchev–Trinajstić information content (AvgIpc) is 3.99. The van der Waals surface area contributed by atoms with Gasteiger partial charge in [-0.25, -0.2) is 33.3 Å². The molecule has 6 aromatic rings. The van der Waals surface area contributed by atoms with Crippen LogP contribution in [0.4, 0.5) is 25.4 Å². The van der Waals surface area contributed by atoms with Crippen molar-refractivity contribution in [2.45, 2.75) is 110 Å². The molecule has 8 N–H and O–H groups in total. The maximum atomic E-state index is 14.6. The molecule has 2 atom stereocenters. The van der Waals surface area contributed by atoms with E-state index >= 15 is 0 Å². The number of primary amides is 2. The van der Waals surface area contributed by atoms with Crippen molar-refractivity contribution in [1.29, 1.82) is 0 Å². The van der Waals surface area contributed by atoms with E-state index in [0.717, 1.165) is 40.4 Å². The molecule has 0 saturated carbocycles. The fourth-order valence-corrected chi connectivity index (χ4v) is 9.32. The number of nitrogens with two attached hydrogens (primary N) is 2. The third-order valence-electron chi connectivity index (χ3n) is 13.1. The first-order valence-corrected chi connectivity index (χ1v) is 24.5. The molecule has 2 aliphatic rings. The van der Waals surface area contributed by atoms with Gasteiger partial charge in [0.15, 0.2) is 11.3 Å². The summed E-state index contributed by atoms with van der Waals surface area (Å²) in [5.74, 6) is -1.06. The van der Waals surface area contributed by atoms with Crippen LogP contribution in [0.2, 0.25) is 10.0 Å². The van der Waals surface area contributed by atoms with Gasteiger partial charge in [0.1, 0.15) is 5.82 Å². The first kappa shape index (κ1) is 51.1. The Morgan fingerprint density at radius 1 is 0.686 bits per heavy atom. The fraction of sp³-hybridized carbons (Fsp3) is 0.429. The number of piperidine rings is 2. The predicted molar refractivity (Wildman–Crippen MR) is 271 cm³/mol. The Labute approximate surface area is 416 Å². The third-order valence-corrected chi connectivity index (χ3v) is 13.7. The van der Waals surface area contributed by atoms with Crippen LogP contribution < -0.4 is 32.7 Å². The van der Waals surface area contributed by atoms with E-state index in [-0.39, 0.29) is 29.9 Å². The number of hydrogen-bond donors (Lipinski definition) is 6. The predicted octanol–water partition coefficient (Wildman–Crippen LogP) is 8.33. The zero-order valence-electron chi connectivity index (χ0n) is 40.1. The number of benzene rings is 2. The Morgan fingerprint density at radius 3 is 1.57 bits per heavy atom. The molecule has 4 aromatic heterocycles. The van der Waals surface area contributed by atoms with Gasteiger partial charge in [-0.1, -0.05) is 55.2 Å². The van der Waals surface area contributed by atoms with E-state index in [0.29, 0.717) is 109 Å². The van der Waals surface area contributed by atoms with Crippen molar-refractivity contribution in [2.75, 3.05) is 36.8 Å². The molecule has 6 amide bonds. The van der Waals surface area contributed by atoms with Gasteiger partial charge in [0.05, 0.1) is 57.8 Å². The summed E-state index contributed by atoms with van der Waals surface area (Å²) in [7, 11) is 0. The van der Waals surface area contributed by atoms with Gasteiger partial charge in [-0.2, -0.15) is 10.2 Å². The number of likely N-dealkylation sites (tertiary alicyclic amines) is 2. The Kier molecular flexibility index (Phi) is 16.6. The van der Waals surface area contributed by atoms with Crippen molar-refractivity contribution >= 4 is 80.5 Å². The van der Waals surface area contributed by atoms with Gasteiger partial charge in [0.2, 0.25) is 0 Å². The third kappa shape index (κ3) is 11.5. The number of rotatable bonds is 14. The van der Waals surface area contributed by atoms with Crippen molar-refractivity contribution in [3.05, 3.63) is 105 Å². The van der Waals surface area contributed by atoms with Crippen molar-refractivity contribution in [3.63, 3.8) is 0 Å². The first-order valence-electron chi connectivity index (χ1n) is 23.8. The summed E-state index contributed by atoms with van der Waals surface area (Å²) in [6, 6.07) is 8.85. The lowest BCUT2D eigenvalue weighted by Gasteiger charge is -2.32. The molecule has 0 bridgehead atoms. The number of halogens is 3. The number of amides is 6. The number of carbonyl (C=O) groups excluding carboxylic acids is 4. The lowest BCUT2D eigenvalue weighted by atomic mass is 10.0. The number of nitrogens with one attached hydrogen (secondary N) is 4.